The topological polar surface area (TPSA) is 23.6 Å². The fourth-order valence-electron chi connectivity index (χ4n) is 1.74. The van der Waals surface area contributed by atoms with Crippen molar-refractivity contribution >= 4 is 6.41 Å². The second kappa shape index (κ2) is 4.45. The van der Waals surface area contributed by atoms with Crippen molar-refractivity contribution in [1.82, 2.24) is 10.0 Å². The molecule has 0 aromatic rings. The van der Waals surface area contributed by atoms with E-state index in [1.807, 2.05) is 13.3 Å². The third-order valence-electron chi connectivity index (χ3n) is 2.48. The van der Waals surface area contributed by atoms with Gasteiger partial charge in [-0.2, -0.15) is 0 Å². The Bertz CT molecular complexity index is 149. The summed E-state index contributed by atoms with van der Waals surface area (Å²) >= 11 is 0. The van der Waals surface area contributed by atoms with Crippen LogP contribution in [0.2, 0.25) is 0 Å². The normalized spacial score (nSPS) is 25.3. The summed E-state index contributed by atoms with van der Waals surface area (Å²) in [5.41, 5.74) is 0. The minimum atomic E-state index is 0.500. The van der Waals surface area contributed by atoms with Crippen LogP contribution in [0.25, 0.3) is 0 Å². The molecule has 1 aliphatic rings. The van der Waals surface area contributed by atoms with Crippen molar-refractivity contribution < 1.29 is 4.79 Å². The number of piperidine rings is 1. The number of amides is 1. The van der Waals surface area contributed by atoms with Crippen molar-refractivity contribution in [1.29, 1.82) is 0 Å². The van der Waals surface area contributed by atoms with Crippen LogP contribution < -0.4 is 0 Å². The number of hydrazine groups is 1. The molecule has 1 unspecified atom stereocenters. The smallest absolute Gasteiger partial charge is 0.267 e. The standard InChI is InChI=1S/C9H17N2O/c1-3-10(8-12)11-7-5-4-6-9(11)2/h9H,3-7H2,1-2H3. The van der Waals surface area contributed by atoms with Crippen LogP contribution >= 0.6 is 0 Å². The van der Waals surface area contributed by atoms with Gasteiger partial charge in [0, 0.05) is 19.1 Å². The zero-order valence-electron chi connectivity index (χ0n) is 7.92. The van der Waals surface area contributed by atoms with E-state index < -0.39 is 0 Å². The van der Waals surface area contributed by atoms with Gasteiger partial charge in [-0.05, 0) is 26.7 Å². The lowest BCUT2D eigenvalue weighted by molar-refractivity contribution is -0.0141. The van der Waals surface area contributed by atoms with Crippen LogP contribution in [-0.4, -0.2) is 35.6 Å². The fourth-order valence-corrected chi connectivity index (χ4v) is 1.74. The fraction of sp³-hybridized carbons (Fsp3) is 0.889. The third-order valence-corrected chi connectivity index (χ3v) is 2.48. The van der Waals surface area contributed by atoms with Crippen LogP contribution in [0, 0.1) is 0 Å². The Morgan fingerprint density at radius 2 is 2.33 bits per heavy atom. The Morgan fingerprint density at radius 3 is 2.83 bits per heavy atom. The summed E-state index contributed by atoms with van der Waals surface area (Å²) in [7, 11) is 0. The molecule has 0 saturated carbocycles. The molecular weight excluding hydrogens is 152 g/mol. The van der Waals surface area contributed by atoms with Gasteiger partial charge >= 0.3 is 6.41 Å². The van der Waals surface area contributed by atoms with Gasteiger partial charge in [-0.15, -0.1) is 0 Å². The molecule has 1 atom stereocenters. The molecular formula is C9H17N2O. The number of nitrogens with zero attached hydrogens (tertiary/aromatic N) is 2. The van der Waals surface area contributed by atoms with Gasteiger partial charge in [0.25, 0.3) is 0 Å². The molecule has 1 radical (unpaired) electrons. The van der Waals surface area contributed by atoms with E-state index >= 15 is 0 Å². The third kappa shape index (κ3) is 1.97. The van der Waals surface area contributed by atoms with Crippen LogP contribution in [0.3, 0.4) is 0 Å². The van der Waals surface area contributed by atoms with Gasteiger partial charge in [0.05, 0.1) is 0 Å². The quantitative estimate of drug-likeness (QED) is 0.592. The maximum Gasteiger partial charge on any atom is 0.327 e. The van der Waals surface area contributed by atoms with Gasteiger partial charge in [0.1, 0.15) is 0 Å². The summed E-state index contributed by atoms with van der Waals surface area (Å²) in [6.45, 7) is 5.88. The number of hydrogen-bond donors (Lipinski definition) is 0. The molecule has 3 heteroatoms. The second-order valence-corrected chi connectivity index (χ2v) is 3.31. The molecule has 0 N–H and O–H groups in total. The summed E-state index contributed by atoms with van der Waals surface area (Å²) in [6.07, 6.45) is 5.64. The van der Waals surface area contributed by atoms with Crippen molar-refractivity contribution in [2.24, 2.45) is 0 Å². The first kappa shape index (κ1) is 9.52. The maximum absolute atomic E-state index is 10.5. The summed E-state index contributed by atoms with van der Waals surface area (Å²) < 4.78 is 0. The molecule has 1 rings (SSSR count). The summed E-state index contributed by atoms with van der Waals surface area (Å²) in [4.78, 5) is 10.5. The van der Waals surface area contributed by atoms with Gasteiger partial charge in [-0.3, -0.25) is 9.80 Å². The minimum Gasteiger partial charge on any atom is -0.267 e. The molecule has 0 spiro atoms. The van der Waals surface area contributed by atoms with E-state index in [2.05, 4.69) is 11.9 Å². The zero-order valence-corrected chi connectivity index (χ0v) is 7.92. The van der Waals surface area contributed by atoms with E-state index in [0.29, 0.717) is 6.04 Å². The predicted molar refractivity (Wildman–Crippen MR) is 48.1 cm³/mol. The first-order valence-electron chi connectivity index (χ1n) is 4.71. The monoisotopic (exact) mass is 169 g/mol. The molecule has 1 aliphatic heterocycles. The van der Waals surface area contributed by atoms with E-state index in [4.69, 9.17) is 0 Å². The van der Waals surface area contributed by atoms with E-state index in [1.165, 1.54) is 19.3 Å². The van der Waals surface area contributed by atoms with Gasteiger partial charge in [0.2, 0.25) is 0 Å². The lowest BCUT2D eigenvalue weighted by Crippen LogP contribution is -2.49. The van der Waals surface area contributed by atoms with E-state index in [0.717, 1.165) is 13.1 Å². The average Bonchev–Trinajstić information content (AvgIpc) is 2.10. The van der Waals surface area contributed by atoms with Crippen molar-refractivity contribution in [3.8, 4) is 0 Å². The van der Waals surface area contributed by atoms with Crippen LogP contribution in [0.4, 0.5) is 0 Å². The minimum absolute atomic E-state index is 0.500. The number of rotatable bonds is 3. The molecule has 0 bridgehead atoms. The van der Waals surface area contributed by atoms with Gasteiger partial charge in [-0.1, -0.05) is 6.42 Å². The summed E-state index contributed by atoms with van der Waals surface area (Å²) in [5, 5.41) is 3.78. The van der Waals surface area contributed by atoms with Crippen molar-refractivity contribution in [2.75, 3.05) is 13.1 Å². The summed E-state index contributed by atoms with van der Waals surface area (Å²) in [6, 6.07) is 0.500. The maximum atomic E-state index is 10.5. The first-order valence-corrected chi connectivity index (χ1v) is 4.71. The van der Waals surface area contributed by atoms with Crippen LogP contribution in [0.5, 0.6) is 0 Å². The lowest BCUT2D eigenvalue weighted by Gasteiger charge is -2.38. The zero-order chi connectivity index (χ0) is 8.97. The Hall–Kier alpha value is -0.570. The van der Waals surface area contributed by atoms with E-state index in [-0.39, 0.29) is 0 Å². The SMILES string of the molecule is CCN([C]=O)N1CCCCC1C. The molecule has 0 aromatic carbocycles. The molecule has 12 heavy (non-hydrogen) atoms. The lowest BCUT2D eigenvalue weighted by atomic mass is 10.1. The highest BCUT2D eigenvalue weighted by Crippen LogP contribution is 2.17. The Kier molecular flexibility index (Phi) is 3.53. The Balaban J connectivity index is 2.51. The van der Waals surface area contributed by atoms with Crippen LogP contribution in [0.15, 0.2) is 0 Å². The van der Waals surface area contributed by atoms with Crippen molar-refractivity contribution in [2.45, 2.75) is 39.2 Å². The number of hydrogen-bond acceptors (Lipinski definition) is 2. The van der Waals surface area contributed by atoms with Gasteiger partial charge in [-0.25, -0.2) is 5.01 Å². The molecule has 0 aliphatic carbocycles. The van der Waals surface area contributed by atoms with Crippen LogP contribution in [0.1, 0.15) is 33.1 Å². The van der Waals surface area contributed by atoms with Crippen molar-refractivity contribution in [3.63, 3.8) is 0 Å². The Morgan fingerprint density at radius 1 is 1.58 bits per heavy atom. The average molecular weight is 169 g/mol. The highest BCUT2D eigenvalue weighted by Gasteiger charge is 2.22. The molecule has 1 fully saturated rings. The first-order chi connectivity index (χ1) is 5.79. The van der Waals surface area contributed by atoms with Crippen molar-refractivity contribution in [3.05, 3.63) is 0 Å². The molecule has 1 saturated heterocycles. The van der Waals surface area contributed by atoms with Gasteiger partial charge < -0.3 is 0 Å². The number of carbonyl (C=O) groups excluding carboxylic acids is 1. The predicted octanol–water partition coefficient (Wildman–Crippen LogP) is 1.16. The highest BCUT2D eigenvalue weighted by atomic mass is 16.1. The summed E-state index contributed by atoms with van der Waals surface area (Å²) in [5.74, 6) is 0. The molecule has 1 amide bonds. The van der Waals surface area contributed by atoms with Gasteiger partial charge in [0.15, 0.2) is 0 Å². The highest BCUT2D eigenvalue weighted by molar-refractivity contribution is 5.47. The van der Waals surface area contributed by atoms with E-state index in [1.54, 1.807) is 5.01 Å². The van der Waals surface area contributed by atoms with Crippen LogP contribution in [-0.2, 0) is 4.79 Å². The molecule has 3 nitrogen and oxygen atoms in total. The molecule has 1 heterocycles. The largest absolute Gasteiger partial charge is 0.327 e. The second-order valence-electron chi connectivity index (χ2n) is 3.31. The van der Waals surface area contributed by atoms with E-state index in [9.17, 15) is 4.79 Å². The Labute approximate surface area is 74.3 Å². The molecule has 0 aromatic heterocycles. The molecule has 69 valence electrons.